The quantitative estimate of drug-likeness (QED) is 0.246. The van der Waals surface area contributed by atoms with Crippen LogP contribution in [0, 0.1) is 6.92 Å². The average Bonchev–Trinajstić information content (AvgIpc) is 2.97. The minimum atomic E-state index is 0.687. The maximum Gasteiger partial charge on any atom is 0.225 e. The van der Waals surface area contributed by atoms with Crippen molar-refractivity contribution in [2.75, 3.05) is 41.3 Å². The summed E-state index contributed by atoms with van der Waals surface area (Å²) >= 11 is 6.16. The number of hydrogen-bond donors (Lipinski definition) is 1. The number of anilines is 4. The lowest BCUT2D eigenvalue weighted by Crippen LogP contribution is -2.47. The molecular formula is C32H31ClN6. The van der Waals surface area contributed by atoms with E-state index in [9.17, 15) is 0 Å². The molecule has 6 rings (SSSR count). The average molecular weight is 535 g/mol. The summed E-state index contributed by atoms with van der Waals surface area (Å²) in [6.07, 6.45) is 3.57. The summed E-state index contributed by atoms with van der Waals surface area (Å²) in [5.41, 5.74) is 7.57. The van der Waals surface area contributed by atoms with Gasteiger partial charge in [-0.3, -0.25) is 4.98 Å². The first-order chi connectivity index (χ1) is 19.1. The smallest absolute Gasteiger partial charge is 0.225 e. The van der Waals surface area contributed by atoms with E-state index < -0.39 is 0 Å². The molecule has 1 saturated heterocycles. The van der Waals surface area contributed by atoms with Crippen molar-refractivity contribution < 1.29 is 0 Å². The normalized spacial score (nSPS) is 13.6. The Kier molecular flexibility index (Phi) is 7.28. The molecule has 6 nitrogen and oxygen atoms in total. The summed E-state index contributed by atoms with van der Waals surface area (Å²) in [7, 11) is 0. The van der Waals surface area contributed by atoms with Gasteiger partial charge in [-0.2, -0.15) is 0 Å². The minimum absolute atomic E-state index is 0.687. The standard InChI is InChI=1S/C32H31ClN6/c1-23-20-27(37-32(35-23)39-18-16-38(17-19-39)28-8-3-2-4-9-28)12-10-24-6-5-7-26(21-24)36-30-14-15-34-31-22-25(33)11-13-29(30)31/h2-9,11,13-15,20-22H,10,12,16-19H2,1H3,(H,34,36). The summed E-state index contributed by atoms with van der Waals surface area (Å²) < 4.78 is 0. The number of nitrogens with one attached hydrogen (secondary N) is 1. The molecule has 196 valence electrons. The van der Waals surface area contributed by atoms with Gasteiger partial charge in [0, 0.05) is 71.2 Å². The van der Waals surface area contributed by atoms with Crippen LogP contribution in [0.4, 0.5) is 23.0 Å². The highest BCUT2D eigenvalue weighted by Gasteiger charge is 2.20. The van der Waals surface area contributed by atoms with Crippen molar-refractivity contribution in [3.63, 3.8) is 0 Å². The number of aromatic nitrogens is 3. The van der Waals surface area contributed by atoms with Crippen LogP contribution in [-0.2, 0) is 12.8 Å². The second-order valence-electron chi connectivity index (χ2n) is 9.96. The van der Waals surface area contributed by atoms with Gasteiger partial charge in [0.05, 0.1) is 5.52 Å². The third kappa shape index (κ3) is 5.96. The first kappa shape index (κ1) is 25.1. The van der Waals surface area contributed by atoms with E-state index in [1.165, 1.54) is 11.3 Å². The van der Waals surface area contributed by atoms with E-state index in [2.05, 4.69) is 87.7 Å². The Morgan fingerprint density at radius 2 is 1.62 bits per heavy atom. The first-order valence-corrected chi connectivity index (χ1v) is 13.8. The third-order valence-electron chi connectivity index (χ3n) is 7.16. The predicted molar refractivity (Wildman–Crippen MR) is 162 cm³/mol. The number of benzene rings is 3. The zero-order valence-electron chi connectivity index (χ0n) is 22.0. The van der Waals surface area contributed by atoms with E-state index in [1.54, 1.807) is 6.20 Å². The second kappa shape index (κ2) is 11.3. The molecule has 1 fully saturated rings. The van der Waals surface area contributed by atoms with E-state index >= 15 is 0 Å². The topological polar surface area (TPSA) is 57.2 Å². The Bertz CT molecular complexity index is 1580. The van der Waals surface area contributed by atoms with Gasteiger partial charge in [0.25, 0.3) is 0 Å². The highest BCUT2D eigenvalue weighted by atomic mass is 35.5. The van der Waals surface area contributed by atoms with Gasteiger partial charge in [0.15, 0.2) is 0 Å². The van der Waals surface area contributed by atoms with Crippen LogP contribution >= 0.6 is 11.6 Å². The van der Waals surface area contributed by atoms with Gasteiger partial charge in [-0.25, -0.2) is 9.97 Å². The molecule has 3 heterocycles. The fraction of sp³-hybridized carbons (Fsp3) is 0.219. The molecular weight excluding hydrogens is 504 g/mol. The van der Waals surface area contributed by atoms with Crippen LogP contribution in [0.2, 0.25) is 5.02 Å². The first-order valence-electron chi connectivity index (χ1n) is 13.4. The van der Waals surface area contributed by atoms with Crippen molar-refractivity contribution in [1.82, 2.24) is 15.0 Å². The number of halogens is 1. The van der Waals surface area contributed by atoms with Crippen molar-refractivity contribution >= 4 is 45.5 Å². The van der Waals surface area contributed by atoms with E-state index in [0.29, 0.717) is 5.02 Å². The van der Waals surface area contributed by atoms with Gasteiger partial charge in [-0.05, 0) is 79.9 Å². The van der Waals surface area contributed by atoms with Crippen LogP contribution in [0.1, 0.15) is 17.0 Å². The Morgan fingerprint density at radius 3 is 2.46 bits per heavy atom. The molecule has 1 aliphatic heterocycles. The second-order valence-corrected chi connectivity index (χ2v) is 10.4. The van der Waals surface area contributed by atoms with Gasteiger partial charge in [0.1, 0.15) is 0 Å². The minimum Gasteiger partial charge on any atom is -0.368 e. The number of para-hydroxylation sites is 1. The molecule has 0 aliphatic carbocycles. The van der Waals surface area contributed by atoms with Crippen molar-refractivity contribution in [3.05, 3.63) is 113 Å². The van der Waals surface area contributed by atoms with Gasteiger partial charge >= 0.3 is 0 Å². The molecule has 0 unspecified atom stereocenters. The summed E-state index contributed by atoms with van der Waals surface area (Å²) in [5, 5.41) is 5.29. The molecule has 39 heavy (non-hydrogen) atoms. The number of fused-ring (bicyclic) bond motifs is 1. The Hall–Kier alpha value is -4.16. The van der Waals surface area contributed by atoms with Crippen LogP contribution < -0.4 is 15.1 Å². The highest BCUT2D eigenvalue weighted by molar-refractivity contribution is 6.31. The zero-order chi connectivity index (χ0) is 26.6. The van der Waals surface area contributed by atoms with E-state index in [0.717, 1.165) is 78.6 Å². The summed E-state index contributed by atoms with van der Waals surface area (Å²) in [4.78, 5) is 18.9. The Balaban J connectivity index is 1.11. The van der Waals surface area contributed by atoms with Crippen molar-refractivity contribution in [2.45, 2.75) is 19.8 Å². The van der Waals surface area contributed by atoms with E-state index in [4.69, 9.17) is 21.6 Å². The van der Waals surface area contributed by atoms with Gasteiger partial charge < -0.3 is 15.1 Å². The van der Waals surface area contributed by atoms with Crippen LogP contribution in [0.15, 0.2) is 91.1 Å². The molecule has 0 amide bonds. The lowest BCUT2D eigenvalue weighted by molar-refractivity contribution is 0.637. The third-order valence-corrected chi connectivity index (χ3v) is 7.39. The molecule has 1 aliphatic rings. The number of rotatable bonds is 7. The van der Waals surface area contributed by atoms with Crippen LogP contribution in [0.3, 0.4) is 0 Å². The number of pyridine rings is 1. The van der Waals surface area contributed by atoms with Gasteiger partial charge in [-0.1, -0.05) is 41.9 Å². The molecule has 0 radical (unpaired) electrons. The summed E-state index contributed by atoms with van der Waals surface area (Å²) in [6, 6.07) is 29.1. The monoisotopic (exact) mass is 534 g/mol. The molecule has 7 heteroatoms. The van der Waals surface area contributed by atoms with Crippen molar-refractivity contribution in [3.8, 4) is 0 Å². The number of aryl methyl sites for hydroxylation is 3. The number of nitrogens with zero attached hydrogens (tertiary/aromatic N) is 5. The van der Waals surface area contributed by atoms with E-state index in [-0.39, 0.29) is 0 Å². The molecule has 0 spiro atoms. The zero-order valence-corrected chi connectivity index (χ0v) is 22.8. The largest absolute Gasteiger partial charge is 0.368 e. The predicted octanol–water partition coefficient (Wildman–Crippen LogP) is 6.84. The molecule has 1 N–H and O–H groups in total. The molecule has 0 bridgehead atoms. The summed E-state index contributed by atoms with van der Waals surface area (Å²) in [6.45, 7) is 5.83. The van der Waals surface area contributed by atoms with Crippen molar-refractivity contribution in [2.24, 2.45) is 0 Å². The van der Waals surface area contributed by atoms with Crippen LogP contribution in [0.25, 0.3) is 10.9 Å². The van der Waals surface area contributed by atoms with Gasteiger partial charge in [0.2, 0.25) is 5.95 Å². The van der Waals surface area contributed by atoms with Gasteiger partial charge in [-0.15, -0.1) is 0 Å². The van der Waals surface area contributed by atoms with E-state index in [1.807, 2.05) is 24.3 Å². The lowest BCUT2D eigenvalue weighted by Gasteiger charge is -2.36. The van der Waals surface area contributed by atoms with Crippen molar-refractivity contribution in [1.29, 1.82) is 0 Å². The highest BCUT2D eigenvalue weighted by Crippen LogP contribution is 2.28. The van der Waals surface area contributed by atoms with Crippen LogP contribution in [-0.4, -0.2) is 41.1 Å². The maximum atomic E-state index is 6.16. The van der Waals surface area contributed by atoms with Crippen LogP contribution in [0.5, 0.6) is 0 Å². The molecule has 2 aromatic heterocycles. The summed E-state index contributed by atoms with van der Waals surface area (Å²) in [5.74, 6) is 0.845. The number of piperazine rings is 1. The SMILES string of the molecule is Cc1cc(CCc2cccc(Nc3ccnc4cc(Cl)ccc34)c2)nc(N2CCN(c3ccccc3)CC2)n1. The molecule has 3 aromatic carbocycles. The fourth-order valence-corrected chi connectivity index (χ4v) is 5.32. The fourth-order valence-electron chi connectivity index (χ4n) is 5.15. The Labute approximate surface area is 234 Å². The Morgan fingerprint density at radius 1 is 0.795 bits per heavy atom. The molecule has 0 saturated carbocycles. The lowest BCUT2D eigenvalue weighted by atomic mass is 10.1. The molecule has 5 aromatic rings. The number of hydrogen-bond acceptors (Lipinski definition) is 6. The maximum absolute atomic E-state index is 6.16. The molecule has 0 atom stereocenters.